The van der Waals surface area contributed by atoms with Gasteiger partial charge >= 0.3 is 0 Å². The molecule has 6 nitrogen and oxygen atoms in total. The summed E-state index contributed by atoms with van der Waals surface area (Å²) >= 11 is 0. The van der Waals surface area contributed by atoms with Gasteiger partial charge in [0, 0.05) is 23.3 Å². The summed E-state index contributed by atoms with van der Waals surface area (Å²) in [5.41, 5.74) is 5.92. The maximum Gasteiger partial charge on any atom is 0.272 e. The number of amides is 1. The fourth-order valence-electron chi connectivity index (χ4n) is 2.75. The summed E-state index contributed by atoms with van der Waals surface area (Å²) in [7, 11) is 0. The van der Waals surface area contributed by atoms with Crippen molar-refractivity contribution in [2.24, 2.45) is 5.10 Å². The van der Waals surface area contributed by atoms with Crippen molar-refractivity contribution in [3.63, 3.8) is 0 Å². The molecule has 0 bridgehead atoms. The third kappa shape index (κ3) is 3.46. The van der Waals surface area contributed by atoms with E-state index in [4.69, 9.17) is 4.42 Å². The van der Waals surface area contributed by atoms with Crippen LogP contribution in [0, 0.1) is 0 Å². The van der Waals surface area contributed by atoms with Gasteiger partial charge in [0.2, 0.25) is 0 Å². The van der Waals surface area contributed by atoms with E-state index in [1.54, 1.807) is 30.8 Å². The number of para-hydroxylation sites is 1. The van der Waals surface area contributed by atoms with Crippen LogP contribution in [0.25, 0.3) is 22.4 Å². The molecule has 6 heteroatoms. The molecule has 4 aromatic rings. The Balaban J connectivity index is 1.71. The molecule has 0 aliphatic heterocycles. The number of benzene rings is 1. The Hall–Kier alpha value is -3.80. The minimum absolute atomic E-state index is 0.315. The standard InChI is InChI=1S/C21H16N4O2/c1-14(15-6-4-10-22-13-15)24-25-21(26)17-12-19(20-9-5-11-27-20)23-18-8-3-2-7-16(17)18/h2-13H,1H3,(H,25,26)/b24-14+. The normalized spacial score (nSPS) is 11.5. The number of hydrogen-bond acceptors (Lipinski definition) is 5. The van der Waals surface area contributed by atoms with Crippen LogP contribution >= 0.6 is 0 Å². The minimum Gasteiger partial charge on any atom is -0.463 e. The Morgan fingerprint density at radius 3 is 2.78 bits per heavy atom. The van der Waals surface area contributed by atoms with Crippen LogP contribution in [-0.2, 0) is 0 Å². The highest BCUT2D eigenvalue weighted by molar-refractivity contribution is 6.08. The topological polar surface area (TPSA) is 80.4 Å². The third-order valence-electron chi connectivity index (χ3n) is 4.14. The van der Waals surface area contributed by atoms with E-state index in [0.717, 1.165) is 10.9 Å². The van der Waals surface area contributed by atoms with Gasteiger partial charge in [-0.25, -0.2) is 10.4 Å². The molecule has 1 aromatic carbocycles. The highest BCUT2D eigenvalue weighted by Gasteiger charge is 2.14. The number of rotatable bonds is 4. The molecule has 0 spiro atoms. The summed E-state index contributed by atoms with van der Waals surface area (Å²) in [5.74, 6) is 0.287. The summed E-state index contributed by atoms with van der Waals surface area (Å²) in [6.45, 7) is 1.82. The van der Waals surface area contributed by atoms with Crippen LogP contribution in [0.5, 0.6) is 0 Å². The molecule has 0 saturated carbocycles. The van der Waals surface area contributed by atoms with Crippen LogP contribution in [-0.4, -0.2) is 21.6 Å². The number of carbonyl (C=O) groups excluding carboxylic acids is 1. The van der Waals surface area contributed by atoms with Crippen molar-refractivity contribution in [1.82, 2.24) is 15.4 Å². The van der Waals surface area contributed by atoms with Crippen molar-refractivity contribution in [2.45, 2.75) is 6.92 Å². The minimum atomic E-state index is -0.315. The van der Waals surface area contributed by atoms with Gasteiger partial charge in [-0.15, -0.1) is 0 Å². The van der Waals surface area contributed by atoms with Crippen LogP contribution in [0.2, 0.25) is 0 Å². The molecular weight excluding hydrogens is 340 g/mol. The molecule has 1 N–H and O–H groups in total. The fraction of sp³-hybridized carbons (Fsp3) is 0.0476. The van der Waals surface area contributed by atoms with Crippen LogP contribution in [0.1, 0.15) is 22.8 Å². The lowest BCUT2D eigenvalue weighted by molar-refractivity contribution is 0.0956. The second kappa shape index (κ2) is 7.21. The molecule has 0 unspecified atom stereocenters. The van der Waals surface area contributed by atoms with E-state index in [0.29, 0.717) is 28.2 Å². The van der Waals surface area contributed by atoms with E-state index in [-0.39, 0.29) is 5.91 Å². The summed E-state index contributed by atoms with van der Waals surface area (Å²) in [6, 6.07) is 16.5. The maximum atomic E-state index is 12.8. The highest BCUT2D eigenvalue weighted by atomic mass is 16.3. The summed E-state index contributed by atoms with van der Waals surface area (Å²) < 4.78 is 5.43. The first kappa shape index (κ1) is 16.7. The Morgan fingerprint density at radius 2 is 2.00 bits per heavy atom. The fourth-order valence-corrected chi connectivity index (χ4v) is 2.75. The van der Waals surface area contributed by atoms with Gasteiger partial charge in [-0.2, -0.15) is 5.10 Å². The monoisotopic (exact) mass is 356 g/mol. The molecule has 0 aliphatic rings. The van der Waals surface area contributed by atoms with Crippen molar-refractivity contribution in [3.8, 4) is 11.5 Å². The van der Waals surface area contributed by atoms with Gasteiger partial charge < -0.3 is 4.42 Å². The predicted octanol–water partition coefficient (Wildman–Crippen LogP) is 4.04. The zero-order valence-corrected chi connectivity index (χ0v) is 14.6. The Bertz CT molecular complexity index is 1120. The van der Waals surface area contributed by atoms with E-state index >= 15 is 0 Å². The van der Waals surface area contributed by atoms with E-state index < -0.39 is 0 Å². The largest absolute Gasteiger partial charge is 0.463 e. The van der Waals surface area contributed by atoms with Crippen LogP contribution in [0.3, 0.4) is 0 Å². The smallest absolute Gasteiger partial charge is 0.272 e. The molecule has 1 amide bonds. The number of fused-ring (bicyclic) bond motifs is 1. The van der Waals surface area contributed by atoms with Crippen molar-refractivity contribution in [2.75, 3.05) is 0 Å². The zero-order chi connectivity index (χ0) is 18.6. The Labute approximate surface area is 155 Å². The van der Waals surface area contributed by atoms with Gasteiger partial charge in [-0.1, -0.05) is 24.3 Å². The van der Waals surface area contributed by atoms with E-state index in [2.05, 4.69) is 20.5 Å². The van der Waals surface area contributed by atoms with Gasteiger partial charge in [0.1, 0.15) is 5.69 Å². The second-order valence-electron chi connectivity index (χ2n) is 5.93. The number of furan rings is 1. The zero-order valence-electron chi connectivity index (χ0n) is 14.6. The first-order chi connectivity index (χ1) is 13.2. The lowest BCUT2D eigenvalue weighted by atomic mass is 10.1. The molecule has 3 heterocycles. The molecule has 0 aliphatic carbocycles. The molecule has 27 heavy (non-hydrogen) atoms. The van der Waals surface area contributed by atoms with Gasteiger partial charge in [0.15, 0.2) is 5.76 Å². The Morgan fingerprint density at radius 1 is 1.11 bits per heavy atom. The SMILES string of the molecule is C/C(=N\NC(=O)c1cc(-c2ccco2)nc2ccccc12)c1cccnc1. The molecule has 0 fully saturated rings. The second-order valence-corrected chi connectivity index (χ2v) is 5.93. The number of hydrazone groups is 1. The molecular formula is C21H16N4O2. The number of hydrogen-bond donors (Lipinski definition) is 1. The van der Waals surface area contributed by atoms with Crippen LogP contribution < -0.4 is 5.43 Å². The van der Waals surface area contributed by atoms with E-state index in [9.17, 15) is 4.79 Å². The number of pyridine rings is 2. The van der Waals surface area contributed by atoms with Crippen molar-refractivity contribution in [3.05, 3.63) is 84.4 Å². The van der Waals surface area contributed by atoms with E-state index in [1.807, 2.05) is 49.4 Å². The van der Waals surface area contributed by atoms with Crippen LogP contribution in [0.15, 0.2) is 82.8 Å². The summed E-state index contributed by atoms with van der Waals surface area (Å²) in [6.07, 6.45) is 4.96. The first-order valence-electron chi connectivity index (χ1n) is 8.41. The summed E-state index contributed by atoms with van der Waals surface area (Å²) in [4.78, 5) is 21.5. The van der Waals surface area contributed by atoms with Crippen molar-refractivity contribution in [1.29, 1.82) is 0 Å². The first-order valence-corrected chi connectivity index (χ1v) is 8.41. The number of aromatic nitrogens is 2. The average Bonchev–Trinajstić information content (AvgIpc) is 3.26. The quantitative estimate of drug-likeness (QED) is 0.442. The lowest BCUT2D eigenvalue weighted by Gasteiger charge is -2.08. The number of nitrogens with one attached hydrogen (secondary N) is 1. The molecule has 0 saturated heterocycles. The van der Waals surface area contributed by atoms with Crippen molar-refractivity contribution < 1.29 is 9.21 Å². The number of carbonyl (C=O) groups is 1. The predicted molar refractivity (Wildman–Crippen MR) is 103 cm³/mol. The highest BCUT2D eigenvalue weighted by Crippen LogP contribution is 2.25. The molecule has 4 rings (SSSR count). The van der Waals surface area contributed by atoms with Gasteiger partial charge in [-0.3, -0.25) is 9.78 Å². The third-order valence-corrected chi connectivity index (χ3v) is 4.14. The van der Waals surface area contributed by atoms with Gasteiger partial charge in [0.05, 0.1) is 23.1 Å². The summed E-state index contributed by atoms with van der Waals surface area (Å²) in [5, 5.41) is 4.95. The molecule has 0 atom stereocenters. The molecule has 132 valence electrons. The van der Waals surface area contributed by atoms with Crippen molar-refractivity contribution >= 4 is 22.5 Å². The Kier molecular flexibility index (Phi) is 4.45. The lowest BCUT2D eigenvalue weighted by Crippen LogP contribution is -2.20. The van der Waals surface area contributed by atoms with Gasteiger partial charge in [0.25, 0.3) is 5.91 Å². The van der Waals surface area contributed by atoms with E-state index in [1.165, 1.54) is 0 Å². The molecule has 0 radical (unpaired) electrons. The maximum absolute atomic E-state index is 12.8. The van der Waals surface area contributed by atoms with Gasteiger partial charge in [-0.05, 0) is 37.3 Å². The number of nitrogens with zero attached hydrogens (tertiary/aromatic N) is 3. The average molecular weight is 356 g/mol. The molecule has 3 aromatic heterocycles. The van der Waals surface area contributed by atoms with Crippen LogP contribution in [0.4, 0.5) is 0 Å².